The van der Waals surface area contributed by atoms with Crippen molar-refractivity contribution in [1.82, 2.24) is 0 Å². The van der Waals surface area contributed by atoms with Crippen molar-refractivity contribution >= 4 is 22.8 Å². The number of benzene rings is 1. The maximum Gasteiger partial charge on any atom is 0.262 e. The van der Waals surface area contributed by atoms with E-state index in [1.165, 1.54) is 0 Å². The van der Waals surface area contributed by atoms with Crippen LogP contribution < -0.4 is 4.90 Å². The van der Waals surface area contributed by atoms with Gasteiger partial charge < -0.3 is 4.42 Å². The Balaban J connectivity index is 2.33. The molecule has 0 spiro atoms. The van der Waals surface area contributed by atoms with Crippen LogP contribution in [0.3, 0.4) is 0 Å². The van der Waals surface area contributed by atoms with Crippen molar-refractivity contribution < 1.29 is 9.21 Å². The van der Waals surface area contributed by atoms with E-state index in [1.54, 1.807) is 0 Å². The Morgan fingerprint density at radius 1 is 1.33 bits per heavy atom. The van der Waals surface area contributed by atoms with E-state index in [0.29, 0.717) is 0 Å². The number of carbonyl (C=O) groups excluding carboxylic acids is 1. The molecule has 0 atom stereocenters. The Morgan fingerprint density at radius 2 is 2.00 bits per heavy atom. The zero-order valence-corrected chi connectivity index (χ0v) is 9.34. The van der Waals surface area contributed by atoms with Crippen LogP contribution in [0.15, 0.2) is 10.5 Å². The van der Waals surface area contributed by atoms with Gasteiger partial charge in [-0.1, -0.05) is 0 Å². The first-order chi connectivity index (χ1) is 6.91. The third-order valence-electron chi connectivity index (χ3n) is 3.00. The van der Waals surface area contributed by atoms with Crippen molar-refractivity contribution in [3.63, 3.8) is 0 Å². The van der Waals surface area contributed by atoms with Gasteiger partial charge in [-0.2, -0.15) is 0 Å². The number of fused-ring (bicyclic) bond motifs is 1. The Bertz CT molecular complexity index is 559. The molecular formula is C12H13NO2. The third-order valence-corrected chi connectivity index (χ3v) is 3.00. The Kier molecular flexibility index (Phi) is 1.28. The molecule has 0 radical (unpaired) electrons. The van der Waals surface area contributed by atoms with Crippen LogP contribution in [-0.2, 0) is 0 Å². The van der Waals surface area contributed by atoms with E-state index in [4.69, 9.17) is 4.42 Å². The molecule has 0 N–H and O–H groups in total. The van der Waals surface area contributed by atoms with Gasteiger partial charge >= 0.3 is 0 Å². The van der Waals surface area contributed by atoms with Crippen LogP contribution in [0.2, 0.25) is 0 Å². The number of anilines is 1. The van der Waals surface area contributed by atoms with E-state index in [0.717, 1.165) is 28.0 Å². The number of carbonyl (C=O) groups is 1. The average molecular weight is 203 g/mol. The molecule has 3 heteroatoms. The summed E-state index contributed by atoms with van der Waals surface area (Å²) in [4.78, 5) is 14.0. The highest BCUT2D eigenvalue weighted by atomic mass is 16.3. The van der Waals surface area contributed by atoms with Crippen LogP contribution in [0.25, 0.3) is 11.2 Å². The van der Waals surface area contributed by atoms with Gasteiger partial charge in [0.2, 0.25) is 0 Å². The van der Waals surface area contributed by atoms with Gasteiger partial charge in [0.05, 0.1) is 11.3 Å². The van der Waals surface area contributed by atoms with Crippen molar-refractivity contribution in [2.24, 2.45) is 0 Å². The molecule has 0 saturated heterocycles. The van der Waals surface area contributed by atoms with Crippen molar-refractivity contribution in [3.8, 4) is 0 Å². The Labute approximate surface area is 88.0 Å². The smallest absolute Gasteiger partial charge is 0.262 e. The summed E-state index contributed by atoms with van der Waals surface area (Å²) < 4.78 is 5.57. The van der Waals surface area contributed by atoms with Gasteiger partial charge in [0.15, 0.2) is 5.58 Å². The van der Waals surface area contributed by atoms with Crippen molar-refractivity contribution in [1.29, 1.82) is 0 Å². The normalized spacial score (nSPS) is 16.0. The molecule has 78 valence electrons. The zero-order valence-electron chi connectivity index (χ0n) is 9.34. The molecule has 1 aliphatic heterocycles. The maximum atomic E-state index is 12.1. The summed E-state index contributed by atoms with van der Waals surface area (Å²) in [5, 5.41) is 0. The molecule has 0 aliphatic carbocycles. The summed E-state index contributed by atoms with van der Waals surface area (Å²) in [5.41, 5.74) is 4.19. The number of amides is 1. The molecule has 3 nitrogen and oxygen atoms in total. The fourth-order valence-corrected chi connectivity index (χ4v) is 2.33. The summed E-state index contributed by atoms with van der Waals surface area (Å²) in [6, 6.07) is 1.85. The molecule has 0 saturated carbocycles. The quantitative estimate of drug-likeness (QED) is 0.659. The van der Waals surface area contributed by atoms with Gasteiger partial charge in [-0.25, -0.2) is 0 Å². The largest absolute Gasteiger partial charge is 0.454 e. The van der Waals surface area contributed by atoms with E-state index >= 15 is 0 Å². The first-order valence-electron chi connectivity index (χ1n) is 5.11. The van der Waals surface area contributed by atoms with Crippen LogP contribution in [0.5, 0.6) is 0 Å². The zero-order chi connectivity index (χ0) is 11.0. The summed E-state index contributed by atoms with van der Waals surface area (Å²) in [6.07, 6.45) is 0. The highest BCUT2D eigenvalue weighted by molar-refractivity contribution is 6.23. The lowest BCUT2D eigenvalue weighted by Crippen LogP contribution is -2.43. The first kappa shape index (κ1) is 8.77. The second kappa shape index (κ2) is 2.18. The van der Waals surface area contributed by atoms with Crippen LogP contribution >= 0.6 is 0 Å². The second-order valence-corrected chi connectivity index (χ2v) is 5.14. The monoisotopic (exact) mass is 203 g/mol. The van der Waals surface area contributed by atoms with Gasteiger partial charge in [0, 0.05) is 11.1 Å². The van der Waals surface area contributed by atoms with E-state index in [1.807, 2.05) is 38.7 Å². The number of rotatable bonds is 0. The van der Waals surface area contributed by atoms with Crippen LogP contribution in [0, 0.1) is 6.92 Å². The molecule has 0 aromatic carbocycles. The minimum absolute atomic E-state index is 0.0688. The van der Waals surface area contributed by atoms with E-state index in [9.17, 15) is 4.79 Å². The van der Waals surface area contributed by atoms with Crippen LogP contribution in [-0.4, -0.2) is 11.4 Å². The highest BCUT2D eigenvalue weighted by Gasteiger charge is 2.42. The average Bonchev–Trinajstić information content (AvgIpc) is 2.66. The van der Waals surface area contributed by atoms with Crippen molar-refractivity contribution in [3.05, 3.63) is 17.2 Å². The molecule has 0 unspecified atom stereocenters. The second-order valence-electron chi connectivity index (χ2n) is 5.14. The highest BCUT2D eigenvalue weighted by Crippen LogP contribution is 2.47. The summed E-state index contributed by atoms with van der Waals surface area (Å²) in [7, 11) is 0. The Hall–Kier alpha value is -1.51. The number of hydrogen-bond acceptors (Lipinski definition) is 2. The lowest BCUT2D eigenvalue weighted by molar-refractivity contribution is 0.0973. The number of furan rings is 2. The fourth-order valence-electron chi connectivity index (χ4n) is 2.33. The van der Waals surface area contributed by atoms with E-state index in [2.05, 4.69) is 0 Å². The minimum Gasteiger partial charge on any atom is -0.454 e. The molecule has 1 amide bonds. The maximum absolute atomic E-state index is 12.1. The molecule has 2 aromatic rings. The molecule has 1 aliphatic rings. The standard InChI is InChI=1S/C12H13NO2/c1-6-8-5-7-10(15-8)9(6)13(11(7)14)12(2,3)4/h5H,1-4H3. The van der Waals surface area contributed by atoms with Crippen molar-refractivity contribution in [2.45, 2.75) is 33.2 Å². The fraction of sp³-hybridized carbons (Fsp3) is 0.417. The van der Waals surface area contributed by atoms with Crippen LogP contribution in [0.1, 0.15) is 36.7 Å². The summed E-state index contributed by atoms with van der Waals surface area (Å²) in [6.45, 7) is 8.11. The number of aryl methyl sites for hydroxylation is 1. The molecule has 15 heavy (non-hydrogen) atoms. The van der Waals surface area contributed by atoms with Crippen LogP contribution in [0.4, 0.5) is 5.69 Å². The summed E-state index contributed by atoms with van der Waals surface area (Å²) >= 11 is 0. The Morgan fingerprint density at radius 3 is 2.53 bits per heavy atom. The molecule has 3 rings (SSSR count). The topological polar surface area (TPSA) is 33.5 Å². The predicted molar refractivity (Wildman–Crippen MR) is 58.7 cm³/mol. The molecule has 2 aromatic heterocycles. The third kappa shape index (κ3) is 0.838. The van der Waals surface area contributed by atoms with E-state index < -0.39 is 0 Å². The summed E-state index contributed by atoms with van der Waals surface area (Å²) in [5.74, 6) is 0.0688. The molecular weight excluding hydrogens is 190 g/mol. The van der Waals surface area contributed by atoms with Gasteiger partial charge in [-0.3, -0.25) is 9.69 Å². The number of nitrogens with zero attached hydrogens (tertiary/aromatic N) is 1. The van der Waals surface area contributed by atoms with Crippen molar-refractivity contribution in [2.75, 3.05) is 4.90 Å². The van der Waals surface area contributed by atoms with Gasteiger partial charge in [0.25, 0.3) is 5.91 Å². The minimum atomic E-state index is -0.197. The van der Waals surface area contributed by atoms with Gasteiger partial charge in [-0.05, 0) is 33.8 Å². The van der Waals surface area contributed by atoms with E-state index in [-0.39, 0.29) is 11.4 Å². The predicted octanol–water partition coefficient (Wildman–Crippen LogP) is 2.94. The van der Waals surface area contributed by atoms with Gasteiger partial charge in [0.1, 0.15) is 5.58 Å². The first-order valence-corrected chi connectivity index (χ1v) is 5.11. The SMILES string of the molecule is Cc1c2c3oc1cc3C(=O)N2C(C)(C)C. The lowest BCUT2D eigenvalue weighted by atomic mass is 10.1. The molecule has 3 heterocycles. The number of hydrogen-bond donors (Lipinski definition) is 0. The molecule has 2 bridgehead atoms. The van der Waals surface area contributed by atoms with Gasteiger partial charge in [-0.15, -0.1) is 0 Å². The lowest BCUT2D eigenvalue weighted by Gasteiger charge is -2.31. The molecule has 0 fully saturated rings.